The van der Waals surface area contributed by atoms with Gasteiger partial charge in [-0.05, 0) is 49.6 Å². The van der Waals surface area contributed by atoms with Crippen LogP contribution >= 0.6 is 15.9 Å². The summed E-state index contributed by atoms with van der Waals surface area (Å²) in [6, 6.07) is 6.69. The van der Waals surface area contributed by atoms with Crippen molar-refractivity contribution in [1.29, 1.82) is 0 Å². The highest BCUT2D eigenvalue weighted by molar-refractivity contribution is 9.10. The van der Waals surface area contributed by atoms with E-state index < -0.39 is 10.0 Å². The average molecular weight is 370 g/mol. The van der Waals surface area contributed by atoms with Gasteiger partial charge in [0.2, 0.25) is 10.0 Å². The second kappa shape index (κ2) is 5.59. The molecule has 0 fully saturated rings. The fourth-order valence-corrected chi connectivity index (χ4v) is 4.23. The summed E-state index contributed by atoms with van der Waals surface area (Å²) in [7, 11) is -3.53. The van der Waals surface area contributed by atoms with Crippen molar-refractivity contribution < 1.29 is 12.8 Å². The Labute approximate surface area is 132 Å². The molecule has 1 aromatic heterocycles. The number of hydrogen-bond donors (Lipinski definition) is 1. The van der Waals surface area contributed by atoms with Crippen LogP contribution in [0.3, 0.4) is 0 Å². The minimum atomic E-state index is -3.53. The number of rotatable bonds is 3. The Morgan fingerprint density at radius 1 is 1.33 bits per heavy atom. The van der Waals surface area contributed by atoms with Crippen molar-refractivity contribution in [2.75, 3.05) is 0 Å². The van der Waals surface area contributed by atoms with E-state index in [0.29, 0.717) is 4.90 Å². The van der Waals surface area contributed by atoms with Crippen molar-refractivity contribution >= 4 is 26.0 Å². The van der Waals surface area contributed by atoms with E-state index in [1.807, 2.05) is 13.0 Å². The molecule has 1 aliphatic carbocycles. The molecule has 0 spiro atoms. The van der Waals surface area contributed by atoms with Gasteiger partial charge in [-0.25, -0.2) is 13.1 Å². The zero-order chi connectivity index (χ0) is 15.0. The summed E-state index contributed by atoms with van der Waals surface area (Å²) < 4.78 is 34.2. The van der Waals surface area contributed by atoms with Gasteiger partial charge in [0.25, 0.3) is 0 Å². The number of fused-ring (bicyclic) bond motifs is 1. The standard InChI is InChI=1S/C15H16BrNO3S/c1-10-9-11(5-6-13(10)16)21(18,19)17-14-3-2-4-15-12(14)7-8-20-15/h5-9,14,17H,2-4H2,1H3. The van der Waals surface area contributed by atoms with Crippen molar-refractivity contribution in [2.45, 2.75) is 37.1 Å². The van der Waals surface area contributed by atoms with Crippen molar-refractivity contribution in [1.82, 2.24) is 4.72 Å². The molecule has 1 aromatic carbocycles. The summed E-state index contributed by atoms with van der Waals surface area (Å²) in [5, 5.41) is 0. The van der Waals surface area contributed by atoms with Gasteiger partial charge < -0.3 is 4.42 Å². The molecule has 3 rings (SSSR count). The lowest BCUT2D eigenvalue weighted by atomic mass is 9.94. The first kappa shape index (κ1) is 14.8. The van der Waals surface area contributed by atoms with Gasteiger partial charge in [0, 0.05) is 16.5 Å². The number of sulfonamides is 1. The van der Waals surface area contributed by atoms with Crippen molar-refractivity contribution in [3.05, 3.63) is 51.9 Å². The average Bonchev–Trinajstić information content (AvgIpc) is 2.91. The Hall–Kier alpha value is -1.11. The maximum atomic E-state index is 12.5. The third-order valence-corrected chi connectivity index (χ3v) is 6.15. The minimum absolute atomic E-state index is 0.207. The van der Waals surface area contributed by atoms with Gasteiger partial charge in [0.15, 0.2) is 0 Å². The van der Waals surface area contributed by atoms with Gasteiger partial charge in [-0.1, -0.05) is 15.9 Å². The fourth-order valence-electron chi connectivity index (χ4n) is 2.65. The van der Waals surface area contributed by atoms with E-state index >= 15 is 0 Å². The Bertz CT molecular complexity index is 767. The molecule has 1 atom stereocenters. The summed E-state index contributed by atoms with van der Waals surface area (Å²) >= 11 is 3.38. The molecule has 0 aliphatic heterocycles. The molecule has 1 heterocycles. The zero-order valence-electron chi connectivity index (χ0n) is 11.6. The number of halogens is 1. The topological polar surface area (TPSA) is 59.3 Å². The van der Waals surface area contributed by atoms with Crippen LogP contribution in [0.5, 0.6) is 0 Å². The molecule has 2 aromatic rings. The van der Waals surface area contributed by atoms with E-state index in [2.05, 4.69) is 20.7 Å². The Morgan fingerprint density at radius 3 is 2.90 bits per heavy atom. The van der Waals surface area contributed by atoms with Crippen LogP contribution in [-0.4, -0.2) is 8.42 Å². The zero-order valence-corrected chi connectivity index (χ0v) is 14.0. The van der Waals surface area contributed by atoms with Crippen LogP contribution in [0.25, 0.3) is 0 Å². The first-order valence-electron chi connectivity index (χ1n) is 6.82. The van der Waals surface area contributed by atoms with Crippen LogP contribution in [-0.2, 0) is 16.4 Å². The van der Waals surface area contributed by atoms with Crippen molar-refractivity contribution in [3.8, 4) is 0 Å². The van der Waals surface area contributed by atoms with E-state index in [-0.39, 0.29) is 6.04 Å². The monoisotopic (exact) mass is 369 g/mol. The molecule has 0 radical (unpaired) electrons. The molecule has 1 aliphatic rings. The molecule has 0 saturated carbocycles. The van der Waals surface area contributed by atoms with Crippen LogP contribution in [0.4, 0.5) is 0 Å². The molecule has 0 amide bonds. The molecule has 4 nitrogen and oxygen atoms in total. The second-order valence-corrected chi connectivity index (χ2v) is 7.84. The normalized spacial score (nSPS) is 18.5. The molecule has 1 N–H and O–H groups in total. The molecule has 6 heteroatoms. The summed E-state index contributed by atoms with van der Waals surface area (Å²) in [5.41, 5.74) is 1.85. The van der Waals surface area contributed by atoms with Crippen LogP contribution in [0.2, 0.25) is 0 Å². The fraction of sp³-hybridized carbons (Fsp3) is 0.333. The van der Waals surface area contributed by atoms with Gasteiger partial charge >= 0.3 is 0 Å². The number of hydrogen-bond acceptors (Lipinski definition) is 3. The van der Waals surface area contributed by atoms with E-state index in [4.69, 9.17) is 4.42 Å². The predicted octanol–water partition coefficient (Wildman–Crippen LogP) is 3.71. The first-order chi connectivity index (χ1) is 9.97. The molecular formula is C15H16BrNO3S. The second-order valence-electron chi connectivity index (χ2n) is 5.28. The Kier molecular flexibility index (Phi) is 3.94. The summed E-state index contributed by atoms with van der Waals surface area (Å²) in [6.45, 7) is 1.87. The highest BCUT2D eigenvalue weighted by Gasteiger charge is 2.27. The number of nitrogens with one attached hydrogen (secondary N) is 1. The molecule has 0 saturated heterocycles. The van der Waals surface area contributed by atoms with E-state index in [0.717, 1.165) is 40.6 Å². The molecule has 0 bridgehead atoms. The summed E-state index contributed by atoms with van der Waals surface area (Å²) in [4.78, 5) is 0.291. The number of aryl methyl sites for hydroxylation is 2. The Balaban J connectivity index is 1.89. The van der Waals surface area contributed by atoms with Gasteiger partial charge in [-0.3, -0.25) is 0 Å². The maximum absolute atomic E-state index is 12.5. The maximum Gasteiger partial charge on any atom is 0.241 e. The third-order valence-electron chi connectivity index (χ3n) is 3.79. The molecule has 1 unspecified atom stereocenters. The molecule has 21 heavy (non-hydrogen) atoms. The lowest BCUT2D eigenvalue weighted by molar-refractivity contribution is 0.438. The predicted molar refractivity (Wildman–Crippen MR) is 83.6 cm³/mol. The van der Waals surface area contributed by atoms with Gasteiger partial charge in [0.05, 0.1) is 17.2 Å². The lowest BCUT2D eigenvalue weighted by Gasteiger charge is -2.22. The van der Waals surface area contributed by atoms with Crippen LogP contribution < -0.4 is 4.72 Å². The van der Waals surface area contributed by atoms with Crippen LogP contribution in [0.1, 0.15) is 35.8 Å². The van der Waals surface area contributed by atoms with Crippen molar-refractivity contribution in [3.63, 3.8) is 0 Å². The highest BCUT2D eigenvalue weighted by Crippen LogP contribution is 2.32. The summed E-state index contributed by atoms with van der Waals surface area (Å²) in [5.74, 6) is 0.890. The SMILES string of the molecule is Cc1cc(S(=O)(=O)NC2CCCc3occc32)ccc1Br. The van der Waals surface area contributed by atoms with Gasteiger partial charge in [-0.2, -0.15) is 0 Å². The lowest BCUT2D eigenvalue weighted by Crippen LogP contribution is -2.30. The van der Waals surface area contributed by atoms with Crippen molar-refractivity contribution in [2.24, 2.45) is 0 Å². The highest BCUT2D eigenvalue weighted by atomic mass is 79.9. The largest absolute Gasteiger partial charge is 0.469 e. The van der Waals surface area contributed by atoms with Gasteiger partial charge in [-0.15, -0.1) is 0 Å². The smallest absolute Gasteiger partial charge is 0.241 e. The van der Waals surface area contributed by atoms with Crippen LogP contribution in [0.15, 0.2) is 44.3 Å². The molecule has 112 valence electrons. The third kappa shape index (κ3) is 2.93. The van der Waals surface area contributed by atoms with Gasteiger partial charge in [0.1, 0.15) is 5.76 Å². The molecular weight excluding hydrogens is 354 g/mol. The van der Waals surface area contributed by atoms with E-state index in [9.17, 15) is 8.42 Å². The first-order valence-corrected chi connectivity index (χ1v) is 9.10. The minimum Gasteiger partial charge on any atom is -0.469 e. The van der Waals surface area contributed by atoms with Crippen LogP contribution in [0, 0.1) is 6.92 Å². The Morgan fingerprint density at radius 2 is 2.14 bits per heavy atom. The number of benzene rings is 1. The van der Waals surface area contributed by atoms with E-state index in [1.54, 1.807) is 24.5 Å². The summed E-state index contributed by atoms with van der Waals surface area (Å²) in [6.07, 6.45) is 4.22. The quantitative estimate of drug-likeness (QED) is 0.896. The van der Waals surface area contributed by atoms with E-state index in [1.165, 1.54) is 0 Å². The number of furan rings is 1.